The molecule has 0 radical (unpaired) electrons. The Morgan fingerprint density at radius 2 is 2.18 bits per heavy atom. The average molecular weight is 293 g/mol. The fourth-order valence-electron chi connectivity index (χ4n) is 0.401. The van der Waals surface area contributed by atoms with Crippen molar-refractivity contribution >= 4 is 32.6 Å². The van der Waals surface area contributed by atoms with Crippen molar-refractivity contribution in [1.82, 2.24) is 4.72 Å². The Bertz CT molecular complexity index is 190. The number of hydrogen-bond donors (Lipinski definition) is 1. The summed E-state index contributed by atoms with van der Waals surface area (Å²) in [5.74, 6) is 0. The smallest absolute Gasteiger partial charge is 0.223 e. The number of halogens is 1. The van der Waals surface area contributed by atoms with Gasteiger partial charge >= 0.3 is 0 Å². The Kier molecular flexibility index (Phi) is 5.57. The molecule has 68 valence electrons. The number of methoxy groups -OCH3 is 1. The number of alkyl halides is 1. The predicted molar refractivity (Wildman–Crippen MR) is 52.3 cm³/mol. The normalized spacial score (nSPS) is 14.8. The molecule has 0 aromatic heterocycles. The summed E-state index contributed by atoms with van der Waals surface area (Å²) in [6.07, 6.45) is 0. The van der Waals surface area contributed by atoms with Gasteiger partial charge in [-0.05, 0) is 6.92 Å². The number of nitrogens with one attached hydrogen (secondary N) is 1. The van der Waals surface area contributed by atoms with Crippen molar-refractivity contribution < 1.29 is 13.2 Å². The van der Waals surface area contributed by atoms with Gasteiger partial charge in [-0.15, -0.1) is 0 Å². The Morgan fingerprint density at radius 3 is 2.55 bits per heavy atom. The first-order valence-electron chi connectivity index (χ1n) is 3.12. The third kappa shape index (κ3) is 4.94. The van der Waals surface area contributed by atoms with Crippen LogP contribution in [0, 0.1) is 0 Å². The van der Waals surface area contributed by atoms with Crippen LogP contribution in [-0.4, -0.2) is 31.9 Å². The van der Waals surface area contributed by atoms with Gasteiger partial charge in [-0.25, -0.2) is 13.1 Å². The van der Waals surface area contributed by atoms with E-state index in [9.17, 15) is 8.42 Å². The molecular formula is C5H12INO3S. The average Bonchev–Trinajstić information content (AvgIpc) is 1.88. The van der Waals surface area contributed by atoms with Crippen molar-refractivity contribution in [1.29, 1.82) is 0 Å². The minimum atomic E-state index is -3.11. The fourth-order valence-corrected chi connectivity index (χ4v) is 1.54. The summed E-state index contributed by atoms with van der Waals surface area (Å²) in [5.41, 5.74) is 0. The van der Waals surface area contributed by atoms with Gasteiger partial charge in [0.1, 0.15) is 3.26 Å². The van der Waals surface area contributed by atoms with Crippen LogP contribution in [0.3, 0.4) is 0 Å². The topological polar surface area (TPSA) is 55.4 Å². The minimum absolute atomic E-state index is 0.339. The predicted octanol–water partition coefficient (Wildman–Crippen LogP) is 0.333. The van der Waals surface area contributed by atoms with Gasteiger partial charge in [-0.2, -0.15) is 0 Å². The summed E-state index contributed by atoms with van der Waals surface area (Å²) in [7, 11) is -1.58. The second-order valence-corrected chi connectivity index (χ2v) is 6.77. The van der Waals surface area contributed by atoms with E-state index in [-0.39, 0.29) is 0 Å². The Labute approximate surface area is 80.9 Å². The molecule has 0 heterocycles. The molecule has 0 saturated heterocycles. The molecule has 11 heavy (non-hydrogen) atoms. The highest BCUT2D eigenvalue weighted by Crippen LogP contribution is 2.05. The van der Waals surface area contributed by atoms with Crippen LogP contribution in [0.5, 0.6) is 0 Å². The fraction of sp³-hybridized carbons (Fsp3) is 1.00. The second kappa shape index (κ2) is 5.28. The first-order chi connectivity index (χ1) is 5.00. The lowest BCUT2D eigenvalue weighted by atomic mass is 10.7. The zero-order valence-electron chi connectivity index (χ0n) is 6.50. The number of hydrogen-bond acceptors (Lipinski definition) is 3. The van der Waals surface area contributed by atoms with Gasteiger partial charge < -0.3 is 4.74 Å². The molecule has 0 aliphatic rings. The molecule has 1 unspecified atom stereocenters. The molecule has 0 aromatic rings. The maximum atomic E-state index is 11.0. The van der Waals surface area contributed by atoms with Crippen LogP contribution in [0.2, 0.25) is 0 Å². The van der Waals surface area contributed by atoms with Crippen LogP contribution in [-0.2, 0) is 14.8 Å². The molecule has 6 heteroatoms. The van der Waals surface area contributed by atoms with Crippen molar-refractivity contribution in [2.45, 2.75) is 10.2 Å². The zero-order chi connectivity index (χ0) is 8.91. The second-order valence-electron chi connectivity index (χ2n) is 1.98. The molecule has 0 rings (SSSR count). The molecule has 4 nitrogen and oxygen atoms in total. The summed E-state index contributed by atoms with van der Waals surface area (Å²) in [6.45, 7) is 2.37. The third-order valence-corrected chi connectivity index (χ3v) is 4.51. The van der Waals surface area contributed by atoms with E-state index in [1.165, 1.54) is 7.11 Å². The Hall–Kier alpha value is 0.600. The van der Waals surface area contributed by atoms with Gasteiger partial charge in [0.15, 0.2) is 0 Å². The standard InChI is InChI=1S/C5H12INO3S/c1-5(6)11(8,9)7-3-4-10-2/h5,7H,3-4H2,1-2H3. The molecule has 0 amide bonds. The quantitative estimate of drug-likeness (QED) is 0.451. The van der Waals surface area contributed by atoms with Crippen molar-refractivity contribution in [2.24, 2.45) is 0 Å². The highest BCUT2D eigenvalue weighted by atomic mass is 127. The molecule has 0 fully saturated rings. The molecule has 0 aliphatic carbocycles. The summed E-state index contributed by atoms with van der Waals surface area (Å²) >= 11 is 1.85. The number of rotatable bonds is 5. The van der Waals surface area contributed by atoms with E-state index in [0.29, 0.717) is 13.2 Å². The van der Waals surface area contributed by atoms with E-state index in [1.54, 1.807) is 6.92 Å². The minimum Gasteiger partial charge on any atom is -0.383 e. The van der Waals surface area contributed by atoms with E-state index in [1.807, 2.05) is 22.6 Å². The van der Waals surface area contributed by atoms with Crippen LogP contribution in [0.15, 0.2) is 0 Å². The molecule has 1 N–H and O–H groups in total. The number of ether oxygens (including phenoxy) is 1. The van der Waals surface area contributed by atoms with Crippen molar-refractivity contribution in [3.05, 3.63) is 0 Å². The lowest BCUT2D eigenvalue weighted by Crippen LogP contribution is -2.31. The first-order valence-corrected chi connectivity index (χ1v) is 5.91. The van der Waals surface area contributed by atoms with Gasteiger partial charge in [0.2, 0.25) is 10.0 Å². The first kappa shape index (κ1) is 11.6. The lowest BCUT2D eigenvalue weighted by Gasteiger charge is -2.06. The van der Waals surface area contributed by atoms with Crippen LogP contribution in [0.4, 0.5) is 0 Å². The van der Waals surface area contributed by atoms with Gasteiger partial charge in [0.05, 0.1) is 6.61 Å². The molecule has 0 aromatic carbocycles. The summed E-state index contributed by atoms with van der Waals surface area (Å²) in [4.78, 5) is 0. The van der Waals surface area contributed by atoms with E-state index < -0.39 is 13.3 Å². The highest BCUT2D eigenvalue weighted by molar-refractivity contribution is 14.1. The Balaban J connectivity index is 3.75. The van der Waals surface area contributed by atoms with Crippen LogP contribution >= 0.6 is 22.6 Å². The zero-order valence-corrected chi connectivity index (χ0v) is 9.48. The summed E-state index contributed by atoms with van der Waals surface area (Å²) < 4.78 is 28.7. The number of sulfonamides is 1. The van der Waals surface area contributed by atoms with Gasteiger partial charge in [0, 0.05) is 13.7 Å². The van der Waals surface area contributed by atoms with E-state index in [4.69, 9.17) is 0 Å². The lowest BCUT2D eigenvalue weighted by molar-refractivity contribution is 0.204. The summed E-state index contributed by atoms with van der Waals surface area (Å²) in [6, 6.07) is 0. The maximum Gasteiger partial charge on any atom is 0.223 e. The third-order valence-electron chi connectivity index (χ3n) is 1.04. The Morgan fingerprint density at radius 1 is 1.64 bits per heavy atom. The highest BCUT2D eigenvalue weighted by Gasteiger charge is 2.15. The van der Waals surface area contributed by atoms with Crippen LogP contribution in [0.1, 0.15) is 6.92 Å². The molecule has 0 aliphatic heterocycles. The molecule has 0 spiro atoms. The molecule has 0 bridgehead atoms. The molecule has 0 saturated carbocycles. The summed E-state index contributed by atoms with van der Waals surface area (Å²) in [5, 5.41) is 0. The van der Waals surface area contributed by atoms with E-state index in [2.05, 4.69) is 9.46 Å². The van der Waals surface area contributed by atoms with Gasteiger partial charge in [0.25, 0.3) is 0 Å². The SMILES string of the molecule is COCCNS(=O)(=O)C(C)I. The van der Waals surface area contributed by atoms with Crippen LogP contribution < -0.4 is 4.72 Å². The van der Waals surface area contributed by atoms with Crippen molar-refractivity contribution in [2.75, 3.05) is 20.3 Å². The van der Waals surface area contributed by atoms with E-state index in [0.717, 1.165) is 0 Å². The van der Waals surface area contributed by atoms with Gasteiger partial charge in [-0.3, -0.25) is 0 Å². The largest absolute Gasteiger partial charge is 0.383 e. The van der Waals surface area contributed by atoms with Crippen molar-refractivity contribution in [3.8, 4) is 0 Å². The van der Waals surface area contributed by atoms with Gasteiger partial charge in [-0.1, -0.05) is 22.6 Å². The van der Waals surface area contributed by atoms with Crippen molar-refractivity contribution in [3.63, 3.8) is 0 Å². The molecule has 1 atom stereocenters. The van der Waals surface area contributed by atoms with Crippen LogP contribution in [0.25, 0.3) is 0 Å². The maximum absolute atomic E-state index is 11.0. The molecular weight excluding hydrogens is 281 g/mol. The van der Waals surface area contributed by atoms with E-state index >= 15 is 0 Å². The monoisotopic (exact) mass is 293 g/mol.